The van der Waals surface area contributed by atoms with E-state index in [1.165, 1.54) is 7.11 Å². The molecule has 2 nitrogen and oxygen atoms in total. The Morgan fingerprint density at radius 1 is 1.11 bits per heavy atom. The Bertz CT molecular complexity index is 604. The minimum atomic E-state index is -0.778. The van der Waals surface area contributed by atoms with Crippen molar-refractivity contribution in [2.45, 2.75) is 6.04 Å². The minimum Gasteiger partial charge on any atom is -0.497 e. The van der Waals surface area contributed by atoms with Gasteiger partial charge in [-0.2, -0.15) is 0 Å². The van der Waals surface area contributed by atoms with E-state index in [9.17, 15) is 8.78 Å². The first-order chi connectivity index (χ1) is 9.02. The van der Waals surface area contributed by atoms with Crippen molar-refractivity contribution >= 4 is 15.9 Å². The second kappa shape index (κ2) is 5.67. The topological polar surface area (TPSA) is 35.2 Å². The number of rotatable bonds is 3. The summed E-state index contributed by atoms with van der Waals surface area (Å²) in [6, 6.07) is 7.66. The lowest BCUT2D eigenvalue weighted by molar-refractivity contribution is 0.414. The summed E-state index contributed by atoms with van der Waals surface area (Å²) in [6.45, 7) is 0. The van der Waals surface area contributed by atoms with Gasteiger partial charge in [0.2, 0.25) is 0 Å². The van der Waals surface area contributed by atoms with Gasteiger partial charge >= 0.3 is 0 Å². The molecule has 100 valence electrons. The van der Waals surface area contributed by atoms with E-state index in [1.807, 2.05) is 0 Å². The molecule has 0 amide bonds. The van der Waals surface area contributed by atoms with Gasteiger partial charge in [0.1, 0.15) is 17.4 Å². The Morgan fingerprint density at radius 3 is 2.53 bits per heavy atom. The molecule has 0 fully saturated rings. The second-order valence-electron chi connectivity index (χ2n) is 4.03. The summed E-state index contributed by atoms with van der Waals surface area (Å²) in [4.78, 5) is 0. The molecule has 2 rings (SSSR count). The molecule has 0 radical (unpaired) electrons. The van der Waals surface area contributed by atoms with Gasteiger partial charge in [-0.25, -0.2) is 8.78 Å². The van der Waals surface area contributed by atoms with E-state index in [0.29, 0.717) is 15.8 Å². The highest BCUT2D eigenvalue weighted by molar-refractivity contribution is 9.10. The third-order valence-corrected chi connectivity index (χ3v) is 3.55. The van der Waals surface area contributed by atoms with Crippen LogP contribution in [-0.2, 0) is 0 Å². The molecule has 0 saturated carbocycles. The molecular formula is C14H12BrF2NO. The van der Waals surface area contributed by atoms with Crippen molar-refractivity contribution in [3.8, 4) is 5.75 Å². The van der Waals surface area contributed by atoms with Crippen LogP contribution in [0.2, 0.25) is 0 Å². The van der Waals surface area contributed by atoms with Crippen LogP contribution in [0.15, 0.2) is 40.9 Å². The number of ether oxygens (including phenoxy) is 1. The van der Waals surface area contributed by atoms with Gasteiger partial charge in [-0.05, 0) is 42.0 Å². The molecule has 0 spiro atoms. The van der Waals surface area contributed by atoms with Gasteiger partial charge in [0.05, 0.1) is 13.2 Å². The molecule has 0 aliphatic carbocycles. The first-order valence-corrected chi connectivity index (χ1v) is 6.36. The fraction of sp³-hybridized carbons (Fsp3) is 0.143. The van der Waals surface area contributed by atoms with Gasteiger partial charge in [0.25, 0.3) is 0 Å². The van der Waals surface area contributed by atoms with Gasteiger partial charge in [0.15, 0.2) is 0 Å². The van der Waals surface area contributed by atoms with Crippen molar-refractivity contribution in [3.05, 3.63) is 63.6 Å². The summed E-state index contributed by atoms with van der Waals surface area (Å²) < 4.78 is 32.8. The van der Waals surface area contributed by atoms with Crippen molar-refractivity contribution in [3.63, 3.8) is 0 Å². The fourth-order valence-electron chi connectivity index (χ4n) is 1.81. The molecule has 2 aromatic carbocycles. The maximum atomic E-state index is 13.7. The molecule has 0 aliphatic heterocycles. The van der Waals surface area contributed by atoms with Crippen LogP contribution in [0.25, 0.3) is 0 Å². The van der Waals surface area contributed by atoms with Crippen LogP contribution in [0.3, 0.4) is 0 Å². The summed E-state index contributed by atoms with van der Waals surface area (Å²) >= 11 is 3.35. The second-order valence-corrected chi connectivity index (χ2v) is 4.89. The maximum Gasteiger partial charge on any atom is 0.128 e. The zero-order valence-electron chi connectivity index (χ0n) is 10.2. The van der Waals surface area contributed by atoms with Crippen molar-refractivity contribution in [2.24, 2.45) is 5.73 Å². The summed E-state index contributed by atoms with van der Waals surface area (Å²) in [6.07, 6.45) is 0. The molecule has 2 aromatic rings. The van der Waals surface area contributed by atoms with E-state index in [2.05, 4.69) is 15.9 Å². The third-order valence-electron chi connectivity index (χ3n) is 2.83. The molecule has 2 N–H and O–H groups in total. The molecule has 0 heterocycles. The van der Waals surface area contributed by atoms with Crippen molar-refractivity contribution in [2.75, 3.05) is 7.11 Å². The first-order valence-electron chi connectivity index (χ1n) is 5.57. The highest BCUT2D eigenvalue weighted by atomic mass is 79.9. The van der Waals surface area contributed by atoms with Crippen molar-refractivity contribution < 1.29 is 13.5 Å². The summed E-state index contributed by atoms with van der Waals surface area (Å²) in [7, 11) is 1.53. The lowest BCUT2D eigenvalue weighted by Crippen LogP contribution is -2.14. The lowest BCUT2D eigenvalue weighted by atomic mass is 9.99. The van der Waals surface area contributed by atoms with Crippen LogP contribution >= 0.6 is 15.9 Å². The van der Waals surface area contributed by atoms with Gasteiger partial charge in [-0.1, -0.05) is 15.9 Å². The third kappa shape index (κ3) is 2.93. The molecule has 0 bridgehead atoms. The van der Waals surface area contributed by atoms with Gasteiger partial charge in [0, 0.05) is 10.0 Å². The molecule has 0 saturated heterocycles. The summed E-state index contributed by atoms with van der Waals surface area (Å²) in [5, 5.41) is 0. The van der Waals surface area contributed by atoms with E-state index in [4.69, 9.17) is 10.5 Å². The number of hydrogen-bond acceptors (Lipinski definition) is 2. The molecule has 19 heavy (non-hydrogen) atoms. The van der Waals surface area contributed by atoms with Gasteiger partial charge in [-0.15, -0.1) is 0 Å². The van der Waals surface area contributed by atoms with Crippen molar-refractivity contribution in [1.29, 1.82) is 0 Å². The van der Waals surface area contributed by atoms with E-state index >= 15 is 0 Å². The zero-order chi connectivity index (χ0) is 14.0. The number of halogens is 3. The average Bonchev–Trinajstić information content (AvgIpc) is 2.41. The Kier molecular flexibility index (Phi) is 4.17. The highest BCUT2D eigenvalue weighted by Crippen LogP contribution is 2.31. The van der Waals surface area contributed by atoms with Crippen LogP contribution < -0.4 is 10.5 Å². The van der Waals surface area contributed by atoms with Crippen LogP contribution in [0.5, 0.6) is 5.75 Å². The molecule has 1 atom stereocenters. The molecule has 1 unspecified atom stereocenters. The van der Waals surface area contributed by atoms with E-state index < -0.39 is 17.7 Å². The minimum absolute atomic E-state index is 0.106. The Labute approximate surface area is 118 Å². The first kappa shape index (κ1) is 14.0. The molecule has 0 aromatic heterocycles. The number of hydrogen-bond donors (Lipinski definition) is 1. The number of nitrogens with two attached hydrogens (primary N) is 1. The van der Waals surface area contributed by atoms with Crippen LogP contribution in [0.4, 0.5) is 8.78 Å². The van der Waals surface area contributed by atoms with E-state index in [-0.39, 0.29) is 5.56 Å². The Balaban J connectivity index is 2.48. The predicted molar refractivity (Wildman–Crippen MR) is 73.1 cm³/mol. The van der Waals surface area contributed by atoms with Crippen molar-refractivity contribution in [1.82, 2.24) is 0 Å². The lowest BCUT2D eigenvalue weighted by Gasteiger charge is -2.16. The average molecular weight is 328 g/mol. The Hall–Kier alpha value is -1.46. The normalized spacial score (nSPS) is 12.3. The number of benzene rings is 2. The summed E-state index contributed by atoms with van der Waals surface area (Å²) in [5.41, 5.74) is 6.75. The van der Waals surface area contributed by atoms with E-state index in [0.717, 1.165) is 18.2 Å². The number of methoxy groups -OCH3 is 1. The van der Waals surface area contributed by atoms with Crippen LogP contribution in [0, 0.1) is 11.6 Å². The predicted octanol–water partition coefficient (Wildman–Crippen LogP) is 3.78. The quantitative estimate of drug-likeness (QED) is 0.931. The van der Waals surface area contributed by atoms with E-state index in [1.54, 1.807) is 18.2 Å². The highest BCUT2D eigenvalue weighted by Gasteiger charge is 2.17. The largest absolute Gasteiger partial charge is 0.497 e. The van der Waals surface area contributed by atoms with Crippen LogP contribution in [0.1, 0.15) is 17.2 Å². The molecule has 0 aliphatic rings. The monoisotopic (exact) mass is 327 g/mol. The Morgan fingerprint density at radius 2 is 1.84 bits per heavy atom. The standard InChI is InChI=1S/C14H12BrF2NO/c1-19-9-3-4-12(15)10(7-9)14(18)11-6-8(16)2-5-13(11)17/h2-7,14H,18H2,1H3. The van der Waals surface area contributed by atoms with Gasteiger partial charge < -0.3 is 10.5 Å². The summed E-state index contributed by atoms with van der Waals surface area (Å²) in [5.74, 6) is -0.458. The maximum absolute atomic E-state index is 13.7. The van der Waals surface area contributed by atoms with Gasteiger partial charge in [-0.3, -0.25) is 0 Å². The molecular weight excluding hydrogens is 316 g/mol. The smallest absolute Gasteiger partial charge is 0.128 e. The van der Waals surface area contributed by atoms with Crippen LogP contribution in [-0.4, -0.2) is 7.11 Å². The zero-order valence-corrected chi connectivity index (χ0v) is 11.7. The SMILES string of the molecule is COc1ccc(Br)c(C(N)c2cc(F)ccc2F)c1. The molecule has 5 heteroatoms. The fourth-order valence-corrected chi connectivity index (χ4v) is 2.30.